The minimum atomic E-state index is -4.54. The number of methoxy groups -OCH3 is 2. The Bertz CT molecular complexity index is 1180. The first-order chi connectivity index (χ1) is 16.5. The summed E-state index contributed by atoms with van der Waals surface area (Å²) in [5.41, 5.74) is 0.485. The van der Waals surface area contributed by atoms with Gasteiger partial charge in [0.15, 0.2) is 23.2 Å². The van der Waals surface area contributed by atoms with Gasteiger partial charge in [0, 0.05) is 11.4 Å². The molecule has 1 aliphatic rings. The van der Waals surface area contributed by atoms with E-state index in [-0.39, 0.29) is 11.4 Å². The number of halogens is 3. The van der Waals surface area contributed by atoms with E-state index in [1.807, 2.05) is 0 Å². The molecule has 0 aromatic heterocycles. The Hall–Kier alpha value is -3.80. The molecule has 1 atom stereocenters. The van der Waals surface area contributed by atoms with E-state index in [9.17, 15) is 22.8 Å². The Morgan fingerprint density at radius 1 is 1.11 bits per heavy atom. The van der Waals surface area contributed by atoms with E-state index in [0.717, 1.165) is 12.1 Å². The minimum absolute atomic E-state index is 0.0232. The molecule has 0 saturated carbocycles. The topological polar surface area (TPSA) is 97.9 Å². The van der Waals surface area contributed by atoms with Crippen LogP contribution in [0.3, 0.4) is 0 Å². The van der Waals surface area contributed by atoms with E-state index in [4.69, 9.17) is 26.4 Å². The second-order valence-corrected chi connectivity index (χ2v) is 7.80. The number of carbonyl (C=O) groups is 2. The van der Waals surface area contributed by atoms with Crippen molar-refractivity contribution in [3.8, 4) is 11.5 Å². The predicted molar refractivity (Wildman–Crippen MR) is 125 cm³/mol. The zero-order valence-electron chi connectivity index (χ0n) is 18.9. The van der Waals surface area contributed by atoms with Crippen LogP contribution in [0.2, 0.25) is 0 Å². The number of allylic oxidation sites excluding steroid dienone is 1. The number of esters is 1. The summed E-state index contributed by atoms with van der Waals surface area (Å²) in [6.45, 7) is 1.18. The van der Waals surface area contributed by atoms with Crippen LogP contribution in [0.5, 0.6) is 11.5 Å². The fraction of sp³-hybridized carbons (Fsp3) is 0.261. The highest BCUT2D eigenvalue weighted by atomic mass is 32.1. The third-order valence-corrected chi connectivity index (χ3v) is 5.25. The zero-order valence-corrected chi connectivity index (χ0v) is 19.7. The summed E-state index contributed by atoms with van der Waals surface area (Å²) in [6, 6.07) is 8.44. The van der Waals surface area contributed by atoms with Crippen LogP contribution in [0.4, 0.5) is 18.9 Å². The number of carbonyl (C=O) groups excluding carboxylic acids is 2. The Kier molecular flexibility index (Phi) is 7.85. The van der Waals surface area contributed by atoms with Crippen molar-refractivity contribution in [3.05, 3.63) is 64.9 Å². The number of rotatable bonds is 7. The number of ether oxygens (including phenoxy) is 3. The molecule has 0 saturated heterocycles. The quantitative estimate of drug-likeness (QED) is 0.384. The van der Waals surface area contributed by atoms with Crippen molar-refractivity contribution >= 4 is 34.9 Å². The van der Waals surface area contributed by atoms with E-state index < -0.39 is 36.3 Å². The molecule has 3 rings (SSSR count). The molecule has 8 nitrogen and oxygen atoms in total. The van der Waals surface area contributed by atoms with Gasteiger partial charge < -0.3 is 30.2 Å². The van der Waals surface area contributed by atoms with E-state index >= 15 is 0 Å². The molecule has 1 heterocycles. The first-order valence-electron chi connectivity index (χ1n) is 10.2. The summed E-state index contributed by atoms with van der Waals surface area (Å²) in [7, 11) is 2.67. The number of alkyl halides is 3. The third-order valence-electron chi connectivity index (χ3n) is 5.03. The highest BCUT2D eigenvalue weighted by Crippen LogP contribution is 2.35. The van der Waals surface area contributed by atoms with Gasteiger partial charge in [0.05, 0.1) is 31.4 Å². The minimum Gasteiger partial charge on any atom is -0.493 e. The summed E-state index contributed by atoms with van der Waals surface area (Å²) < 4.78 is 54.5. The molecule has 35 heavy (non-hydrogen) atoms. The number of anilines is 1. The van der Waals surface area contributed by atoms with Gasteiger partial charge in [0.2, 0.25) is 0 Å². The number of hydrogen-bond acceptors (Lipinski definition) is 6. The van der Waals surface area contributed by atoms with Crippen LogP contribution >= 0.6 is 12.2 Å². The number of thiocarbonyl (C=S) groups is 1. The molecule has 0 aliphatic carbocycles. The summed E-state index contributed by atoms with van der Waals surface area (Å²) in [5.74, 6) is -0.757. The molecule has 2 aromatic rings. The van der Waals surface area contributed by atoms with Crippen molar-refractivity contribution < 1.29 is 37.0 Å². The molecule has 2 aromatic carbocycles. The SMILES string of the molecule is COC(=O)C1=C(C)NC(=S)N[C@@H]1c1ccc(OC)c(OCC(=O)Nc2cccc(C(F)(F)F)c2)c1. The average Bonchev–Trinajstić information content (AvgIpc) is 2.81. The Morgan fingerprint density at radius 3 is 2.51 bits per heavy atom. The van der Waals surface area contributed by atoms with Gasteiger partial charge in [-0.05, 0) is 55.0 Å². The van der Waals surface area contributed by atoms with Crippen molar-refractivity contribution in [1.82, 2.24) is 10.6 Å². The molecule has 12 heteroatoms. The Morgan fingerprint density at radius 2 is 1.86 bits per heavy atom. The molecule has 0 unspecified atom stereocenters. The van der Waals surface area contributed by atoms with Crippen LogP contribution < -0.4 is 25.4 Å². The molecule has 1 aliphatic heterocycles. The van der Waals surface area contributed by atoms with E-state index in [1.165, 1.54) is 26.4 Å². The van der Waals surface area contributed by atoms with E-state index in [2.05, 4.69) is 16.0 Å². The second kappa shape index (κ2) is 10.6. The number of nitrogens with one attached hydrogen (secondary N) is 3. The zero-order chi connectivity index (χ0) is 25.8. The third kappa shape index (κ3) is 6.21. The predicted octanol–water partition coefficient (Wildman–Crippen LogP) is 3.70. The lowest BCUT2D eigenvalue weighted by atomic mass is 9.95. The molecule has 0 spiro atoms. The number of hydrogen-bond donors (Lipinski definition) is 3. The van der Waals surface area contributed by atoms with Gasteiger partial charge in [-0.1, -0.05) is 12.1 Å². The molecule has 0 fully saturated rings. The molecule has 1 amide bonds. The first kappa shape index (κ1) is 25.8. The lowest BCUT2D eigenvalue weighted by Gasteiger charge is -2.30. The van der Waals surface area contributed by atoms with Crippen LogP contribution in [-0.4, -0.2) is 37.8 Å². The summed E-state index contributed by atoms with van der Waals surface area (Å²) in [4.78, 5) is 24.7. The van der Waals surface area contributed by atoms with Gasteiger partial charge in [-0.2, -0.15) is 13.2 Å². The second-order valence-electron chi connectivity index (χ2n) is 7.39. The fourth-order valence-corrected chi connectivity index (χ4v) is 3.69. The smallest absolute Gasteiger partial charge is 0.416 e. The van der Waals surface area contributed by atoms with Crippen LogP contribution in [0, 0.1) is 0 Å². The van der Waals surface area contributed by atoms with Gasteiger partial charge in [0.25, 0.3) is 5.91 Å². The standard InChI is InChI=1S/C23H22F3N3O5S/c1-12-19(21(31)33-3)20(29-22(35)27-12)13-7-8-16(32-2)17(9-13)34-11-18(30)28-15-6-4-5-14(10-15)23(24,25)26/h4-10,20H,11H2,1-3H3,(H,28,30)(H2,27,29,35)/t20-/m1/s1. The van der Waals surface area contributed by atoms with E-state index in [0.29, 0.717) is 27.7 Å². The van der Waals surface area contributed by atoms with Crippen molar-refractivity contribution in [1.29, 1.82) is 0 Å². The maximum Gasteiger partial charge on any atom is 0.416 e. The number of amides is 1. The molecule has 0 bridgehead atoms. The van der Waals surface area contributed by atoms with Crippen LogP contribution in [-0.2, 0) is 20.5 Å². The summed E-state index contributed by atoms with van der Waals surface area (Å²) >= 11 is 5.21. The molecule has 3 N–H and O–H groups in total. The summed E-state index contributed by atoms with van der Waals surface area (Å²) in [5, 5.41) is 8.55. The first-order valence-corrected chi connectivity index (χ1v) is 10.6. The molecule has 0 radical (unpaired) electrons. The van der Waals surface area contributed by atoms with Crippen LogP contribution in [0.15, 0.2) is 53.7 Å². The van der Waals surface area contributed by atoms with Gasteiger partial charge in [-0.25, -0.2) is 4.79 Å². The monoisotopic (exact) mass is 509 g/mol. The van der Waals surface area contributed by atoms with Gasteiger partial charge >= 0.3 is 12.1 Å². The normalized spacial score (nSPS) is 15.6. The lowest BCUT2D eigenvalue weighted by Crippen LogP contribution is -2.45. The van der Waals surface area contributed by atoms with Gasteiger partial charge in [-0.3, -0.25) is 4.79 Å². The average molecular weight is 510 g/mol. The molecular weight excluding hydrogens is 487 g/mol. The fourth-order valence-electron chi connectivity index (χ4n) is 3.42. The maximum atomic E-state index is 12.9. The summed E-state index contributed by atoms with van der Waals surface area (Å²) in [6.07, 6.45) is -4.54. The highest BCUT2D eigenvalue weighted by molar-refractivity contribution is 7.80. The maximum absolute atomic E-state index is 12.9. The molecular formula is C23H22F3N3O5S. The van der Waals surface area contributed by atoms with Crippen molar-refractivity contribution in [3.63, 3.8) is 0 Å². The van der Waals surface area contributed by atoms with Crippen LogP contribution in [0.25, 0.3) is 0 Å². The highest BCUT2D eigenvalue weighted by Gasteiger charge is 2.32. The Labute approximate surface area is 204 Å². The van der Waals surface area contributed by atoms with Crippen molar-refractivity contribution in [2.45, 2.75) is 19.1 Å². The van der Waals surface area contributed by atoms with Gasteiger partial charge in [0.1, 0.15) is 0 Å². The van der Waals surface area contributed by atoms with E-state index in [1.54, 1.807) is 25.1 Å². The largest absolute Gasteiger partial charge is 0.493 e. The lowest BCUT2D eigenvalue weighted by molar-refractivity contribution is -0.138. The molecule has 186 valence electrons. The van der Waals surface area contributed by atoms with Crippen molar-refractivity contribution in [2.75, 3.05) is 26.1 Å². The van der Waals surface area contributed by atoms with Crippen molar-refractivity contribution in [2.24, 2.45) is 0 Å². The van der Waals surface area contributed by atoms with Crippen LogP contribution in [0.1, 0.15) is 24.1 Å². The van der Waals surface area contributed by atoms with Gasteiger partial charge in [-0.15, -0.1) is 0 Å². The Balaban J connectivity index is 1.79. The number of benzene rings is 2.